The molecule has 8 heteroatoms. The first-order valence-corrected chi connectivity index (χ1v) is 8.28. The second kappa shape index (κ2) is 6.98. The number of benzene rings is 1. The van der Waals surface area contributed by atoms with Crippen LogP contribution in [0.15, 0.2) is 48.6 Å². The maximum Gasteiger partial charge on any atom is 0.270 e. The van der Waals surface area contributed by atoms with E-state index in [0.29, 0.717) is 32.9 Å². The zero-order valence-electron chi connectivity index (χ0n) is 13.8. The van der Waals surface area contributed by atoms with Crippen molar-refractivity contribution in [3.8, 4) is 17.4 Å². The van der Waals surface area contributed by atoms with Crippen LogP contribution in [0.3, 0.4) is 0 Å². The Kier molecular flexibility index (Phi) is 4.73. The average Bonchev–Trinajstić information content (AvgIpc) is 3.18. The van der Waals surface area contributed by atoms with Gasteiger partial charge in [0.25, 0.3) is 5.69 Å². The van der Waals surface area contributed by atoms with E-state index in [2.05, 4.69) is 27.0 Å². The Morgan fingerprint density at radius 2 is 2.04 bits per heavy atom. The van der Waals surface area contributed by atoms with Crippen LogP contribution in [0.2, 0.25) is 0 Å². The third kappa shape index (κ3) is 3.30. The molecule has 0 radical (unpaired) electrons. The maximum atomic E-state index is 10.8. The molecule has 0 saturated heterocycles. The molecule has 0 atom stereocenters. The van der Waals surface area contributed by atoms with Crippen molar-refractivity contribution in [1.29, 1.82) is 5.26 Å². The number of aryl methyl sites for hydroxylation is 1. The molecule has 26 heavy (non-hydrogen) atoms. The van der Waals surface area contributed by atoms with E-state index in [1.807, 2.05) is 0 Å². The number of nitro benzene ring substituents is 1. The second-order valence-corrected chi connectivity index (χ2v) is 6.31. The molecule has 0 aliphatic rings. The number of halogens is 1. The van der Waals surface area contributed by atoms with E-state index in [9.17, 15) is 15.4 Å². The van der Waals surface area contributed by atoms with Crippen molar-refractivity contribution in [2.45, 2.75) is 13.8 Å². The highest BCUT2D eigenvalue weighted by molar-refractivity contribution is 9.10. The summed E-state index contributed by atoms with van der Waals surface area (Å²) < 4.78 is 11.7. The molecule has 3 aromatic rings. The van der Waals surface area contributed by atoms with Crippen molar-refractivity contribution >= 4 is 33.7 Å². The topological polar surface area (TPSA) is 106 Å². The zero-order chi connectivity index (χ0) is 18.8. The van der Waals surface area contributed by atoms with Gasteiger partial charge < -0.3 is 8.83 Å². The lowest BCUT2D eigenvalue weighted by molar-refractivity contribution is -0.384. The van der Waals surface area contributed by atoms with E-state index >= 15 is 0 Å². The van der Waals surface area contributed by atoms with Crippen molar-refractivity contribution in [2.75, 3.05) is 0 Å². The van der Waals surface area contributed by atoms with Gasteiger partial charge in [0.1, 0.15) is 28.9 Å². The Hall–Kier alpha value is -3.18. The van der Waals surface area contributed by atoms with Gasteiger partial charge in [-0.2, -0.15) is 5.26 Å². The molecule has 0 N–H and O–H groups in total. The van der Waals surface area contributed by atoms with E-state index < -0.39 is 4.92 Å². The molecule has 130 valence electrons. The highest BCUT2D eigenvalue weighted by Gasteiger charge is 2.14. The minimum absolute atomic E-state index is 0.0124. The van der Waals surface area contributed by atoms with E-state index in [1.54, 1.807) is 32.0 Å². The standard InChI is InChI=1S/C18H12BrN3O4/c1-10-11(2)25-18(15(10)8-20)21-9-13-4-6-17(26-13)14-5-3-12(22(23)24)7-16(14)19/h3-7,9H,1-2H3. The molecule has 0 aliphatic carbocycles. The third-order valence-corrected chi connectivity index (χ3v) is 4.50. The molecule has 0 amide bonds. The first kappa shape index (κ1) is 17.6. The Balaban J connectivity index is 1.88. The van der Waals surface area contributed by atoms with E-state index in [-0.39, 0.29) is 11.6 Å². The van der Waals surface area contributed by atoms with Crippen LogP contribution >= 0.6 is 15.9 Å². The van der Waals surface area contributed by atoms with Crippen LogP contribution in [0.4, 0.5) is 11.6 Å². The summed E-state index contributed by atoms with van der Waals surface area (Å²) in [7, 11) is 0. The van der Waals surface area contributed by atoms with E-state index in [0.717, 1.165) is 5.56 Å². The van der Waals surface area contributed by atoms with Crippen LogP contribution in [-0.2, 0) is 0 Å². The Morgan fingerprint density at radius 1 is 1.27 bits per heavy atom. The SMILES string of the molecule is Cc1oc(N=Cc2ccc(-c3ccc([N+](=O)[O-])cc3Br)o2)c(C#N)c1C. The number of aliphatic imine (C=N–C) groups is 1. The molecule has 0 saturated carbocycles. The Morgan fingerprint density at radius 3 is 2.69 bits per heavy atom. The summed E-state index contributed by atoms with van der Waals surface area (Å²) in [6.07, 6.45) is 1.46. The van der Waals surface area contributed by atoms with Gasteiger partial charge in [0.05, 0.1) is 11.1 Å². The highest BCUT2D eigenvalue weighted by atomic mass is 79.9. The van der Waals surface area contributed by atoms with Gasteiger partial charge in [-0.3, -0.25) is 10.1 Å². The summed E-state index contributed by atoms with van der Waals surface area (Å²) in [6.45, 7) is 3.57. The van der Waals surface area contributed by atoms with Gasteiger partial charge in [-0.15, -0.1) is 0 Å². The molecule has 2 heterocycles. The molecular formula is C18H12BrN3O4. The van der Waals surface area contributed by atoms with Gasteiger partial charge in [-0.05, 0) is 48.0 Å². The molecular weight excluding hydrogens is 402 g/mol. The zero-order valence-corrected chi connectivity index (χ0v) is 15.4. The molecule has 0 unspecified atom stereocenters. The lowest BCUT2D eigenvalue weighted by Crippen LogP contribution is -1.88. The lowest BCUT2D eigenvalue weighted by atomic mass is 10.1. The molecule has 0 fully saturated rings. The average molecular weight is 414 g/mol. The fraction of sp³-hybridized carbons (Fsp3) is 0.111. The van der Waals surface area contributed by atoms with Crippen molar-refractivity contribution < 1.29 is 13.8 Å². The van der Waals surface area contributed by atoms with Gasteiger partial charge in [-0.25, -0.2) is 4.99 Å². The summed E-state index contributed by atoms with van der Waals surface area (Å²) in [5.74, 6) is 1.86. The highest BCUT2D eigenvalue weighted by Crippen LogP contribution is 2.33. The van der Waals surface area contributed by atoms with E-state index in [1.165, 1.54) is 18.3 Å². The molecule has 7 nitrogen and oxygen atoms in total. The van der Waals surface area contributed by atoms with E-state index in [4.69, 9.17) is 8.83 Å². The molecule has 2 aromatic heterocycles. The van der Waals surface area contributed by atoms with Crippen LogP contribution in [0.1, 0.15) is 22.6 Å². The Labute approximate surface area is 156 Å². The largest absolute Gasteiger partial charge is 0.455 e. The van der Waals surface area contributed by atoms with Gasteiger partial charge in [-0.1, -0.05) is 0 Å². The number of nitro groups is 1. The second-order valence-electron chi connectivity index (χ2n) is 5.46. The molecule has 0 spiro atoms. The summed E-state index contributed by atoms with van der Waals surface area (Å²) in [5, 5.41) is 20.0. The molecule has 1 aromatic carbocycles. The fourth-order valence-corrected chi connectivity index (χ4v) is 2.90. The first-order valence-electron chi connectivity index (χ1n) is 7.49. The van der Waals surface area contributed by atoms with Crippen molar-refractivity contribution in [3.63, 3.8) is 0 Å². The molecule has 0 bridgehead atoms. The van der Waals surface area contributed by atoms with Crippen molar-refractivity contribution in [2.24, 2.45) is 4.99 Å². The minimum atomic E-state index is -0.463. The van der Waals surface area contributed by atoms with Crippen LogP contribution in [0.5, 0.6) is 0 Å². The Bertz CT molecular complexity index is 1070. The number of non-ortho nitro benzene ring substituents is 1. The number of rotatable bonds is 4. The van der Waals surface area contributed by atoms with Crippen LogP contribution in [-0.4, -0.2) is 11.1 Å². The first-order chi connectivity index (χ1) is 12.4. The van der Waals surface area contributed by atoms with Crippen LogP contribution in [0.25, 0.3) is 11.3 Å². The van der Waals surface area contributed by atoms with Crippen LogP contribution < -0.4 is 0 Å². The maximum absolute atomic E-state index is 10.8. The summed E-state index contributed by atoms with van der Waals surface area (Å²) in [6, 6.07) is 9.95. The number of furan rings is 2. The predicted octanol–water partition coefficient (Wildman–Crippen LogP) is 5.45. The monoisotopic (exact) mass is 413 g/mol. The number of hydrogen-bond acceptors (Lipinski definition) is 6. The molecule has 3 rings (SSSR count). The summed E-state index contributed by atoms with van der Waals surface area (Å²) in [5.41, 5.74) is 1.82. The number of hydrogen-bond donors (Lipinski definition) is 0. The number of nitriles is 1. The van der Waals surface area contributed by atoms with Gasteiger partial charge in [0, 0.05) is 27.7 Å². The van der Waals surface area contributed by atoms with Gasteiger partial charge in [0.2, 0.25) is 5.88 Å². The van der Waals surface area contributed by atoms with Gasteiger partial charge in [0.15, 0.2) is 0 Å². The predicted molar refractivity (Wildman–Crippen MR) is 98.6 cm³/mol. The van der Waals surface area contributed by atoms with Crippen molar-refractivity contribution in [3.05, 3.63) is 67.6 Å². The van der Waals surface area contributed by atoms with Crippen molar-refractivity contribution in [1.82, 2.24) is 0 Å². The molecule has 0 aliphatic heterocycles. The van der Waals surface area contributed by atoms with Gasteiger partial charge >= 0.3 is 0 Å². The summed E-state index contributed by atoms with van der Waals surface area (Å²) >= 11 is 3.32. The summed E-state index contributed by atoms with van der Waals surface area (Å²) in [4.78, 5) is 14.5. The normalized spacial score (nSPS) is 11.0. The number of nitrogens with zero attached hydrogens (tertiary/aromatic N) is 3. The third-order valence-electron chi connectivity index (χ3n) is 3.84. The van der Waals surface area contributed by atoms with Crippen LogP contribution in [0, 0.1) is 35.3 Å². The quantitative estimate of drug-likeness (QED) is 0.321. The lowest BCUT2D eigenvalue weighted by Gasteiger charge is -2.00. The smallest absolute Gasteiger partial charge is 0.270 e. The fourth-order valence-electron chi connectivity index (χ4n) is 2.34. The minimum Gasteiger partial charge on any atom is -0.455 e.